The van der Waals surface area contributed by atoms with Gasteiger partial charge in [0.25, 0.3) is 5.91 Å². The fourth-order valence-corrected chi connectivity index (χ4v) is 3.52. The van der Waals surface area contributed by atoms with E-state index in [9.17, 15) is 9.59 Å². The fourth-order valence-electron chi connectivity index (χ4n) is 2.72. The molecule has 144 valence electrons. The zero-order valence-corrected chi connectivity index (χ0v) is 16.6. The number of aromatic nitrogens is 2. The lowest BCUT2D eigenvalue weighted by Crippen LogP contribution is -2.40. The molecule has 3 aromatic rings. The van der Waals surface area contributed by atoms with Crippen molar-refractivity contribution in [3.8, 4) is 10.7 Å². The van der Waals surface area contributed by atoms with Gasteiger partial charge in [0.05, 0.1) is 17.8 Å². The van der Waals surface area contributed by atoms with Gasteiger partial charge in [-0.1, -0.05) is 24.3 Å². The molecule has 7 heteroatoms. The van der Waals surface area contributed by atoms with E-state index in [2.05, 4.69) is 9.97 Å². The number of esters is 1. The van der Waals surface area contributed by atoms with Crippen LogP contribution in [0.1, 0.15) is 19.5 Å². The van der Waals surface area contributed by atoms with Crippen LogP contribution in [0.3, 0.4) is 0 Å². The summed E-state index contributed by atoms with van der Waals surface area (Å²) in [6, 6.07) is 14.9. The monoisotopic (exact) mass is 395 g/mol. The number of ether oxygens (including phenoxy) is 1. The van der Waals surface area contributed by atoms with Crippen molar-refractivity contribution in [3.63, 3.8) is 0 Å². The van der Waals surface area contributed by atoms with E-state index >= 15 is 0 Å². The van der Waals surface area contributed by atoms with Gasteiger partial charge in [-0.3, -0.25) is 14.6 Å². The molecule has 0 spiro atoms. The molecule has 0 saturated carbocycles. The van der Waals surface area contributed by atoms with Crippen LogP contribution in [-0.2, 0) is 20.7 Å². The molecule has 2 heterocycles. The van der Waals surface area contributed by atoms with Crippen LogP contribution in [0, 0.1) is 0 Å². The Labute approximate surface area is 167 Å². The number of para-hydroxylation sites is 1. The third-order valence-electron chi connectivity index (χ3n) is 3.94. The second-order valence-electron chi connectivity index (χ2n) is 6.39. The van der Waals surface area contributed by atoms with Crippen LogP contribution in [0.15, 0.2) is 60.1 Å². The average Bonchev–Trinajstić information content (AvgIpc) is 3.16. The average molecular weight is 395 g/mol. The quantitative estimate of drug-likeness (QED) is 0.570. The number of carbonyl (C=O) groups excluding carboxylic acids is 2. The van der Waals surface area contributed by atoms with Gasteiger partial charge in [-0.2, -0.15) is 0 Å². The molecular weight excluding hydrogens is 374 g/mol. The Morgan fingerprint density at radius 2 is 1.86 bits per heavy atom. The molecule has 1 aromatic carbocycles. The van der Waals surface area contributed by atoms with Gasteiger partial charge in [-0.25, -0.2) is 4.98 Å². The SMILES string of the molecule is CC(C)N(C(=O)COC(=O)Cc1csc(-c2ccccn2)n1)c1ccccc1. The summed E-state index contributed by atoms with van der Waals surface area (Å²) < 4.78 is 5.19. The maximum Gasteiger partial charge on any atom is 0.312 e. The molecule has 0 aliphatic heterocycles. The molecule has 0 aliphatic carbocycles. The Kier molecular flexibility index (Phi) is 6.49. The topological polar surface area (TPSA) is 72.4 Å². The predicted octanol–water partition coefficient (Wildman–Crippen LogP) is 3.73. The molecule has 0 bridgehead atoms. The Bertz CT molecular complexity index is 926. The van der Waals surface area contributed by atoms with Crippen LogP contribution in [0.25, 0.3) is 10.7 Å². The first-order chi connectivity index (χ1) is 13.5. The van der Waals surface area contributed by atoms with Gasteiger partial charge in [0.15, 0.2) is 6.61 Å². The minimum absolute atomic E-state index is 0.0175. The summed E-state index contributed by atoms with van der Waals surface area (Å²) in [7, 11) is 0. The van der Waals surface area contributed by atoms with Crippen molar-refractivity contribution in [1.29, 1.82) is 0 Å². The van der Waals surface area contributed by atoms with Crippen molar-refractivity contribution in [2.24, 2.45) is 0 Å². The molecular formula is C21H21N3O3S. The Hall–Kier alpha value is -3.06. The minimum Gasteiger partial charge on any atom is -0.455 e. The molecule has 1 amide bonds. The van der Waals surface area contributed by atoms with Crippen LogP contribution in [0.2, 0.25) is 0 Å². The normalized spacial score (nSPS) is 10.7. The number of carbonyl (C=O) groups is 2. The molecule has 0 N–H and O–H groups in total. The van der Waals surface area contributed by atoms with Gasteiger partial charge in [-0.15, -0.1) is 11.3 Å². The number of benzene rings is 1. The fraction of sp³-hybridized carbons (Fsp3) is 0.238. The van der Waals surface area contributed by atoms with Gasteiger partial charge >= 0.3 is 5.97 Å². The maximum absolute atomic E-state index is 12.6. The summed E-state index contributed by atoms with van der Waals surface area (Å²) in [5.41, 5.74) is 2.14. The number of amides is 1. The highest BCUT2D eigenvalue weighted by molar-refractivity contribution is 7.13. The molecule has 28 heavy (non-hydrogen) atoms. The van der Waals surface area contributed by atoms with Crippen LogP contribution >= 0.6 is 11.3 Å². The molecule has 0 fully saturated rings. The van der Waals surface area contributed by atoms with Gasteiger partial charge in [-0.05, 0) is 38.1 Å². The van der Waals surface area contributed by atoms with Crippen molar-refractivity contribution < 1.29 is 14.3 Å². The largest absolute Gasteiger partial charge is 0.455 e. The number of hydrogen-bond acceptors (Lipinski definition) is 6. The van der Waals surface area contributed by atoms with Crippen molar-refractivity contribution in [2.45, 2.75) is 26.3 Å². The first kappa shape index (κ1) is 19.7. The maximum atomic E-state index is 12.6. The molecule has 3 rings (SSSR count). The summed E-state index contributed by atoms with van der Waals surface area (Å²) >= 11 is 1.42. The summed E-state index contributed by atoms with van der Waals surface area (Å²) in [5, 5.41) is 2.55. The minimum atomic E-state index is -0.483. The Morgan fingerprint density at radius 3 is 2.54 bits per heavy atom. The van der Waals surface area contributed by atoms with E-state index in [4.69, 9.17) is 4.74 Å². The Balaban J connectivity index is 1.56. The summed E-state index contributed by atoms with van der Waals surface area (Å²) in [5.74, 6) is -0.745. The molecule has 2 aromatic heterocycles. The summed E-state index contributed by atoms with van der Waals surface area (Å²) in [4.78, 5) is 35.0. The highest BCUT2D eigenvalue weighted by Crippen LogP contribution is 2.22. The van der Waals surface area contributed by atoms with Gasteiger partial charge < -0.3 is 9.64 Å². The van der Waals surface area contributed by atoms with Crippen LogP contribution < -0.4 is 4.90 Å². The van der Waals surface area contributed by atoms with Crippen LogP contribution in [-0.4, -0.2) is 34.5 Å². The third-order valence-corrected chi connectivity index (χ3v) is 4.85. The van der Waals surface area contributed by atoms with Crippen LogP contribution in [0.4, 0.5) is 5.69 Å². The first-order valence-electron chi connectivity index (χ1n) is 8.93. The highest BCUT2D eigenvalue weighted by Gasteiger charge is 2.20. The molecule has 0 unspecified atom stereocenters. The molecule has 0 atom stereocenters. The lowest BCUT2D eigenvalue weighted by molar-refractivity contribution is -0.147. The number of nitrogens with zero attached hydrogens (tertiary/aromatic N) is 3. The van der Waals surface area contributed by atoms with E-state index in [1.165, 1.54) is 11.3 Å². The van der Waals surface area contributed by atoms with E-state index in [1.54, 1.807) is 16.5 Å². The lowest BCUT2D eigenvalue weighted by atomic mass is 10.2. The highest BCUT2D eigenvalue weighted by atomic mass is 32.1. The molecule has 0 saturated heterocycles. The van der Waals surface area contributed by atoms with E-state index in [1.807, 2.05) is 62.4 Å². The number of pyridine rings is 1. The summed E-state index contributed by atoms with van der Waals surface area (Å²) in [6.45, 7) is 3.53. The lowest BCUT2D eigenvalue weighted by Gasteiger charge is -2.26. The second kappa shape index (κ2) is 9.23. The van der Waals surface area contributed by atoms with E-state index in [-0.39, 0.29) is 25.0 Å². The number of anilines is 1. The smallest absolute Gasteiger partial charge is 0.312 e. The van der Waals surface area contributed by atoms with Gasteiger partial charge in [0, 0.05) is 23.3 Å². The van der Waals surface area contributed by atoms with Gasteiger partial charge in [0.2, 0.25) is 0 Å². The van der Waals surface area contributed by atoms with E-state index in [0.29, 0.717) is 5.69 Å². The number of thiazole rings is 1. The molecule has 0 radical (unpaired) electrons. The van der Waals surface area contributed by atoms with Crippen molar-refractivity contribution in [1.82, 2.24) is 9.97 Å². The first-order valence-corrected chi connectivity index (χ1v) is 9.81. The van der Waals surface area contributed by atoms with Crippen molar-refractivity contribution in [2.75, 3.05) is 11.5 Å². The van der Waals surface area contributed by atoms with E-state index in [0.717, 1.165) is 16.4 Å². The van der Waals surface area contributed by atoms with Crippen LogP contribution in [0.5, 0.6) is 0 Å². The third kappa shape index (κ3) is 5.01. The van der Waals surface area contributed by atoms with Gasteiger partial charge in [0.1, 0.15) is 5.01 Å². The van der Waals surface area contributed by atoms with E-state index < -0.39 is 5.97 Å². The zero-order chi connectivity index (χ0) is 19.9. The Morgan fingerprint density at radius 1 is 1.11 bits per heavy atom. The summed E-state index contributed by atoms with van der Waals surface area (Å²) in [6.07, 6.45) is 1.72. The molecule has 0 aliphatic rings. The zero-order valence-electron chi connectivity index (χ0n) is 15.7. The number of hydrogen-bond donors (Lipinski definition) is 0. The predicted molar refractivity (Wildman–Crippen MR) is 109 cm³/mol. The standard InChI is InChI=1S/C21H21N3O3S/c1-15(2)24(17-8-4-3-5-9-17)19(25)13-27-20(26)12-16-14-28-21(23-16)18-10-6-7-11-22-18/h3-11,14-15H,12-13H2,1-2H3. The second-order valence-corrected chi connectivity index (χ2v) is 7.25. The molecule has 6 nitrogen and oxygen atoms in total. The van der Waals surface area contributed by atoms with Crippen molar-refractivity contribution in [3.05, 3.63) is 65.8 Å². The number of rotatable bonds is 7. The van der Waals surface area contributed by atoms with Crippen molar-refractivity contribution >= 4 is 28.9 Å².